The number of amides is 1. The Bertz CT molecular complexity index is 856. The summed E-state index contributed by atoms with van der Waals surface area (Å²) in [6.07, 6.45) is -4.38. The summed E-state index contributed by atoms with van der Waals surface area (Å²) >= 11 is 1.42. The number of aryl methyl sites for hydroxylation is 1. The molecule has 0 aliphatic rings. The van der Waals surface area contributed by atoms with Gasteiger partial charge in [-0.05, 0) is 24.8 Å². The van der Waals surface area contributed by atoms with Crippen molar-refractivity contribution >= 4 is 17.2 Å². The van der Waals surface area contributed by atoms with E-state index in [1.165, 1.54) is 23.5 Å². The van der Waals surface area contributed by atoms with E-state index in [1.54, 1.807) is 18.2 Å². The Morgan fingerprint density at radius 3 is 2.41 bits per heavy atom. The van der Waals surface area contributed by atoms with Crippen LogP contribution in [0.15, 0.2) is 29.6 Å². The second-order valence-corrected chi connectivity index (χ2v) is 7.97. The van der Waals surface area contributed by atoms with E-state index >= 15 is 0 Å². The summed E-state index contributed by atoms with van der Waals surface area (Å²) in [6, 6.07) is 4.67. The minimum absolute atomic E-state index is 0.00950. The molecular formula is C20H23F3N4OS. The van der Waals surface area contributed by atoms with E-state index in [2.05, 4.69) is 15.6 Å². The normalized spacial score (nSPS) is 13.7. The molecule has 2 N–H and O–H groups in total. The van der Waals surface area contributed by atoms with Gasteiger partial charge < -0.3 is 5.32 Å². The van der Waals surface area contributed by atoms with Crippen LogP contribution in [0.1, 0.15) is 37.6 Å². The Morgan fingerprint density at radius 1 is 1.28 bits per heavy atom. The smallest absolute Gasteiger partial charge is 0.342 e. The van der Waals surface area contributed by atoms with E-state index in [9.17, 15) is 18.0 Å². The minimum atomic E-state index is -4.59. The van der Waals surface area contributed by atoms with E-state index in [-0.39, 0.29) is 24.4 Å². The maximum Gasteiger partial charge on any atom is 0.407 e. The van der Waals surface area contributed by atoms with E-state index in [0.717, 1.165) is 16.3 Å². The van der Waals surface area contributed by atoms with Gasteiger partial charge >= 0.3 is 6.18 Å². The highest BCUT2D eigenvalue weighted by molar-refractivity contribution is 7.13. The number of hydrogen-bond acceptors (Lipinski definition) is 5. The Labute approximate surface area is 172 Å². The third-order valence-corrected chi connectivity index (χ3v) is 5.18. The lowest BCUT2D eigenvalue weighted by atomic mass is 9.99. The fourth-order valence-corrected chi connectivity index (χ4v) is 3.66. The molecule has 1 aromatic heterocycles. The molecule has 0 spiro atoms. The van der Waals surface area contributed by atoms with Crippen LogP contribution in [-0.4, -0.2) is 29.7 Å². The van der Waals surface area contributed by atoms with E-state index < -0.39 is 24.2 Å². The van der Waals surface area contributed by atoms with E-state index in [4.69, 9.17) is 5.26 Å². The van der Waals surface area contributed by atoms with Crippen LogP contribution in [0.25, 0.3) is 10.6 Å². The first-order valence-electron chi connectivity index (χ1n) is 9.11. The molecule has 9 heteroatoms. The summed E-state index contributed by atoms with van der Waals surface area (Å²) in [5.41, 5.74) is 1.60. The van der Waals surface area contributed by atoms with Crippen LogP contribution in [0.3, 0.4) is 0 Å². The largest absolute Gasteiger partial charge is 0.407 e. The monoisotopic (exact) mass is 424 g/mol. The number of carbonyl (C=O) groups is 1. The lowest BCUT2D eigenvalue weighted by Gasteiger charge is -2.28. The first-order chi connectivity index (χ1) is 13.6. The summed E-state index contributed by atoms with van der Waals surface area (Å²) in [7, 11) is 0. The Hall–Kier alpha value is -2.44. The predicted octanol–water partition coefficient (Wildman–Crippen LogP) is 4.37. The van der Waals surface area contributed by atoms with E-state index in [1.807, 2.05) is 26.2 Å². The number of alkyl halides is 3. The van der Waals surface area contributed by atoms with Crippen LogP contribution in [0.2, 0.25) is 0 Å². The third-order valence-electron chi connectivity index (χ3n) is 4.17. The lowest BCUT2D eigenvalue weighted by Crippen LogP contribution is -2.49. The highest BCUT2D eigenvalue weighted by Crippen LogP contribution is 2.35. The number of rotatable bonds is 8. The minimum Gasteiger partial charge on any atom is -0.342 e. The Balaban J connectivity index is 2.27. The molecule has 2 atom stereocenters. The van der Waals surface area contributed by atoms with Crippen molar-refractivity contribution in [2.24, 2.45) is 5.92 Å². The summed E-state index contributed by atoms with van der Waals surface area (Å²) < 4.78 is 41.4. The molecule has 0 saturated heterocycles. The van der Waals surface area contributed by atoms with Gasteiger partial charge in [0.05, 0.1) is 12.1 Å². The molecule has 0 aliphatic heterocycles. The van der Waals surface area contributed by atoms with Gasteiger partial charge in [-0.1, -0.05) is 38.1 Å². The van der Waals surface area contributed by atoms with E-state index in [0.29, 0.717) is 0 Å². The molecule has 5 nitrogen and oxygen atoms in total. The molecular weight excluding hydrogens is 401 g/mol. The average Bonchev–Trinajstić information content (AvgIpc) is 3.08. The van der Waals surface area contributed by atoms with Crippen molar-refractivity contribution in [3.63, 3.8) is 0 Å². The van der Waals surface area contributed by atoms with Gasteiger partial charge in [0.25, 0.3) is 0 Å². The molecule has 1 amide bonds. The zero-order chi connectivity index (χ0) is 21.6. The van der Waals surface area contributed by atoms with Crippen LogP contribution >= 0.6 is 11.3 Å². The van der Waals surface area contributed by atoms with Crippen LogP contribution in [-0.2, 0) is 4.79 Å². The van der Waals surface area contributed by atoms with Crippen molar-refractivity contribution in [3.8, 4) is 16.6 Å². The van der Waals surface area contributed by atoms with Crippen LogP contribution in [0.5, 0.6) is 0 Å². The number of halogens is 3. The van der Waals surface area contributed by atoms with Crippen molar-refractivity contribution in [2.45, 2.75) is 45.5 Å². The molecule has 1 aromatic carbocycles. The molecule has 0 radical (unpaired) electrons. The molecule has 0 unspecified atom stereocenters. The van der Waals surface area contributed by atoms with Crippen molar-refractivity contribution in [2.75, 3.05) is 6.54 Å². The molecule has 2 aromatic rings. The van der Waals surface area contributed by atoms with Gasteiger partial charge in [-0.3, -0.25) is 10.1 Å². The predicted molar refractivity (Wildman–Crippen MR) is 106 cm³/mol. The number of benzene rings is 1. The number of nitriles is 1. The standard InChI is InChI=1S/C20H23F3N4OS/c1-12(2)10-16(18(28)25-9-8-24)27-17(20(21,22)23)14-4-6-15(7-5-14)19-26-13(3)11-29-19/h4-7,11-12,16-17,27H,9-10H2,1-3H3,(H,25,28)/t16-,17-/m0/s1. The highest BCUT2D eigenvalue weighted by Gasteiger charge is 2.42. The number of carbonyl (C=O) groups excluding carboxylic acids is 1. The molecule has 0 fully saturated rings. The SMILES string of the molecule is Cc1csc(-c2ccc([C@H](N[C@@H](CC(C)C)C(=O)NCC#N)C(F)(F)F)cc2)n1. The van der Waals surface area contributed by atoms with Crippen molar-refractivity contribution < 1.29 is 18.0 Å². The van der Waals surface area contributed by atoms with Crippen LogP contribution < -0.4 is 10.6 Å². The molecule has 1 heterocycles. The number of nitrogens with one attached hydrogen (secondary N) is 2. The topological polar surface area (TPSA) is 77.8 Å². The summed E-state index contributed by atoms with van der Waals surface area (Å²) in [5.74, 6) is -0.630. The number of hydrogen-bond donors (Lipinski definition) is 2. The Morgan fingerprint density at radius 2 is 1.93 bits per heavy atom. The zero-order valence-electron chi connectivity index (χ0n) is 16.4. The zero-order valence-corrected chi connectivity index (χ0v) is 17.2. The maximum absolute atomic E-state index is 13.8. The summed E-state index contributed by atoms with van der Waals surface area (Å²) in [4.78, 5) is 16.6. The van der Waals surface area contributed by atoms with Gasteiger partial charge in [0.2, 0.25) is 5.91 Å². The summed E-state index contributed by atoms with van der Waals surface area (Å²) in [6.45, 7) is 5.23. The van der Waals surface area contributed by atoms with Gasteiger partial charge in [-0.2, -0.15) is 18.4 Å². The number of thiazole rings is 1. The average molecular weight is 424 g/mol. The van der Waals surface area contributed by atoms with Crippen molar-refractivity contribution in [1.82, 2.24) is 15.6 Å². The summed E-state index contributed by atoms with van der Waals surface area (Å²) in [5, 5.41) is 16.0. The number of aromatic nitrogens is 1. The Kier molecular flexibility index (Phi) is 7.76. The van der Waals surface area contributed by atoms with Gasteiger partial charge in [-0.15, -0.1) is 11.3 Å². The van der Waals surface area contributed by atoms with Gasteiger partial charge in [-0.25, -0.2) is 4.98 Å². The second-order valence-electron chi connectivity index (χ2n) is 7.12. The highest BCUT2D eigenvalue weighted by atomic mass is 32.1. The van der Waals surface area contributed by atoms with Gasteiger partial charge in [0.1, 0.15) is 17.6 Å². The fraction of sp³-hybridized carbons (Fsp3) is 0.450. The molecule has 0 bridgehead atoms. The van der Waals surface area contributed by atoms with Crippen LogP contribution in [0.4, 0.5) is 13.2 Å². The third kappa shape index (κ3) is 6.54. The number of nitrogens with zero attached hydrogens (tertiary/aromatic N) is 2. The van der Waals surface area contributed by atoms with Gasteiger partial charge in [0.15, 0.2) is 0 Å². The first-order valence-corrected chi connectivity index (χ1v) is 9.99. The molecule has 0 aliphatic carbocycles. The molecule has 0 saturated carbocycles. The van der Waals surface area contributed by atoms with Crippen LogP contribution in [0, 0.1) is 24.2 Å². The second kappa shape index (κ2) is 9.85. The van der Waals surface area contributed by atoms with Crippen molar-refractivity contribution in [1.29, 1.82) is 5.26 Å². The first kappa shape index (κ1) is 22.8. The molecule has 29 heavy (non-hydrogen) atoms. The van der Waals surface area contributed by atoms with Crippen molar-refractivity contribution in [3.05, 3.63) is 40.9 Å². The molecule has 156 valence electrons. The van der Waals surface area contributed by atoms with Gasteiger partial charge in [0, 0.05) is 16.6 Å². The quantitative estimate of drug-likeness (QED) is 0.617. The fourth-order valence-electron chi connectivity index (χ4n) is 2.86. The molecule has 2 rings (SSSR count). The lowest BCUT2D eigenvalue weighted by molar-refractivity contribution is -0.161. The maximum atomic E-state index is 13.8.